The third-order valence-corrected chi connectivity index (χ3v) is 6.91. The molecule has 6 heteroatoms. The van der Waals surface area contributed by atoms with Crippen molar-refractivity contribution < 1.29 is 24.6 Å². The van der Waals surface area contributed by atoms with Crippen LogP contribution in [0, 0.1) is 17.8 Å². The Morgan fingerprint density at radius 2 is 1.50 bits per heavy atom. The van der Waals surface area contributed by atoms with Crippen LogP contribution in [0.15, 0.2) is 54.6 Å². The first kappa shape index (κ1) is 25.5. The molecular formula is C28H35NO5. The lowest BCUT2D eigenvalue weighted by Crippen LogP contribution is -2.41. The van der Waals surface area contributed by atoms with Gasteiger partial charge in [-0.3, -0.25) is 14.4 Å². The molecule has 0 aromatic heterocycles. The molecule has 1 amide bonds. The molecule has 0 radical (unpaired) electrons. The van der Waals surface area contributed by atoms with E-state index in [1.54, 1.807) is 6.92 Å². The van der Waals surface area contributed by atoms with Gasteiger partial charge in [-0.05, 0) is 48.3 Å². The number of benzene rings is 2. The molecule has 3 atom stereocenters. The fraction of sp³-hybridized carbons (Fsp3) is 0.464. The van der Waals surface area contributed by atoms with Crippen LogP contribution in [-0.2, 0) is 20.8 Å². The average molecular weight is 466 g/mol. The molecule has 182 valence electrons. The van der Waals surface area contributed by atoms with E-state index in [-0.39, 0.29) is 30.7 Å². The van der Waals surface area contributed by atoms with E-state index in [1.165, 1.54) is 0 Å². The van der Waals surface area contributed by atoms with Gasteiger partial charge in [0.15, 0.2) is 0 Å². The van der Waals surface area contributed by atoms with Crippen LogP contribution in [0.25, 0.3) is 11.1 Å². The van der Waals surface area contributed by atoms with Crippen molar-refractivity contribution in [1.82, 2.24) is 5.32 Å². The van der Waals surface area contributed by atoms with Crippen LogP contribution in [0.2, 0.25) is 0 Å². The molecule has 0 heterocycles. The van der Waals surface area contributed by atoms with Gasteiger partial charge < -0.3 is 15.5 Å². The van der Waals surface area contributed by atoms with Crippen molar-refractivity contribution in [3.63, 3.8) is 0 Å². The molecule has 0 bridgehead atoms. The van der Waals surface area contributed by atoms with E-state index in [4.69, 9.17) is 0 Å². The maximum absolute atomic E-state index is 12.9. The number of carbonyl (C=O) groups excluding carboxylic acids is 1. The average Bonchev–Trinajstić information content (AvgIpc) is 2.83. The topological polar surface area (TPSA) is 104 Å². The second-order valence-corrected chi connectivity index (χ2v) is 9.55. The molecule has 0 aliphatic heterocycles. The molecule has 2 aromatic rings. The molecule has 1 fully saturated rings. The van der Waals surface area contributed by atoms with Gasteiger partial charge in [0.2, 0.25) is 5.91 Å². The second kappa shape index (κ2) is 12.4. The van der Waals surface area contributed by atoms with Crippen LogP contribution in [-0.4, -0.2) is 34.1 Å². The van der Waals surface area contributed by atoms with Crippen LogP contribution >= 0.6 is 0 Å². The summed E-state index contributed by atoms with van der Waals surface area (Å²) >= 11 is 0. The van der Waals surface area contributed by atoms with E-state index in [1.807, 2.05) is 54.6 Å². The predicted molar refractivity (Wildman–Crippen MR) is 131 cm³/mol. The fourth-order valence-electron chi connectivity index (χ4n) is 4.95. The quantitative estimate of drug-likeness (QED) is 0.425. The van der Waals surface area contributed by atoms with Gasteiger partial charge in [-0.15, -0.1) is 0 Å². The summed E-state index contributed by atoms with van der Waals surface area (Å²) < 4.78 is 0. The molecule has 2 aromatic carbocycles. The lowest BCUT2D eigenvalue weighted by molar-refractivity contribution is -0.146. The van der Waals surface area contributed by atoms with Crippen LogP contribution in [0.4, 0.5) is 0 Å². The largest absolute Gasteiger partial charge is 0.481 e. The van der Waals surface area contributed by atoms with Crippen LogP contribution in [0.3, 0.4) is 0 Å². The maximum atomic E-state index is 12.9. The van der Waals surface area contributed by atoms with Crippen molar-refractivity contribution in [2.45, 2.75) is 64.3 Å². The van der Waals surface area contributed by atoms with E-state index < -0.39 is 23.8 Å². The Morgan fingerprint density at radius 1 is 0.882 bits per heavy atom. The van der Waals surface area contributed by atoms with Gasteiger partial charge in [0.1, 0.15) is 0 Å². The number of hydrogen-bond donors (Lipinski definition) is 3. The predicted octanol–water partition coefficient (Wildman–Crippen LogP) is 5.16. The zero-order valence-corrected chi connectivity index (χ0v) is 19.8. The number of amides is 1. The first-order valence-electron chi connectivity index (χ1n) is 12.2. The van der Waals surface area contributed by atoms with Gasteiger partial charge in [0, 0.05) is 12.5 Å². The number of aliphatic carboxylic acids is 2. The number of hydrogen-bond acceptors (Lipinski definition) is 3. The number of nitrogens with one attached hydrogen (secondary N) is 1. The van der Waals surface area contributed by atoms with Crippen molar-refractivity contribution >= 4 is 17.8 Å². The van der Waals surface area contributed by atoms with Gasteiger partial charge in [0.05, 0.1) is 11.8 Å². The number of carboxylic acids is 2. The highest BCUT2D eigenvalue weighted by Gasteiger charge is 2.32. The summed E-state index contributed by atoms with van der Waals surface area (Å²) in [6.07, 6.45) is 5.52. The minimum Gasteiger partial charge on any atom is -0.481 e. The smallest absolute Gasteiger partial charge is 0.307 e. The summed E-state index contributed by atoms with van der Waals surface area (Å²) in [5.41, 5.74) is 3.19. The Labute approximate surface area is 201 Å². The molecular weight excluding hydrogens is 430 g/mol. The molecule has 1 aliphatic rings. The number of carboxylic acid groups (broad SMARTS) is 2. The Kier molecular flexibility index (Phi) is 9.25. The van der Waals surface area contributed by atoms with Gasteiger partial charge >= 0.3 is 11.9 Å². The molecule has 1 saturated carbocycles. The van der Waals surface area contributed by atoms with Crippen molar-refractivity contribution in [2.24, 2.45) is 17.8 Å². The highest BCUT2D eigenvalue weighted by molar-refractivity contribution is 5.82. The normalized spacial score (nSPS) is 16.9. The van der Waals surface area contributed by atoms with Crippen molar-refractivity contribution in [3.05, 3.63) is 60.2 Å². The highest BCUT2D eigenvalue weighted by atomic mass is 16.4. The summed E-state index contributed by atoms with van der Waals surface area (Å²) in [6, 6.07) is 17.7. The Balaban J connectivity index is 1.68. The van der Waals surface area contributed by atoms with Gasteiger partial charge in [-0.2, -0.15) is 0 Å². The second-order valence-electron chi connectivity index (χ2n) is 9.55. The standard InChI is InChI=1S/C28H35NO5/c1-19(27(31)32)16-24(17-20-12-14-22(15-13-20)21-8-4-2-5-9-21)29-26(30)18-25(28(33)34)23-10-6-3-7-11-23/h2,4-5,8-9,12-15,19,23-25H,3,6-7,10-11,16-18H2,1H3,(H,29,30)(H,31,32)(H,33,34)/t19-,24-,25-/m0/s1. The summed E-state index contributed by atoms with van der Waals surface area (Å²) in [6.45, 7) is 1.63. The zero-order chi connectivity index (χ0) is 24.5. The van der Waals surface area contributed by atoms with E-state index >= 15 is 0 Å². The Bertz CT molecular complexity index is 951. The van der Waals surface area contributed by atoms with Gasteiger partial charge in [-0.1, -0.05) is 80.8 Å². The molecule has 6 nitrogen and oxygen atoms in total. The first-order valence-corrected chi connectivity index (χ1v) is 12.2. The van der Waals surface area contributed by atoms with Crippen LogP contribution in [0.1, 0.15) is 57.4 Å². The number of carbonyl (C=O) groups is 3. The minimum atomic E-state index is -0.922. The summed E-state index contributed by atoms with van der Waals surface area (Å²) in [7, 11) is 0. The third-order valence-electron chi connectivity index (χ3n) is 6.91. The van der Waals surface area contributed by atoms with E-state index in [9.17, 15) is 24.6 Å². The van der Waals surface area contributed by atoms with E-state index in [0.29, 0.717) is 6.42 Å². The van der Waals surface area contributed by atoms with Gasteiger partial charge in [0.25, 0.3) is 0 Å². The number of rotatable bonds is 11. The van der Waals surface area contributed by atoms with E-state index in [2.05, 4.69) is 5.32 Å². The minimum absolute atomic E-state index is 0.0268. The van der Waals surface area contributed by atoms with Crippen LogP contribution in [0.5, 0.6) is 0 Å². The van der Waals surface area contributed by atoms with Crippen molar-refractivity contribution in [2.75, 3.05) is 0 Å². The molecule has 0 saturated heterocycles. The molecule has 0 unspecified atom stereocenters. The SMILES string of the molecule is C[C@@H](C[C@@H](Cc1ccc(-c2ccccc2)cc1)NC(=O)C[C@H](C(=O)O)C1CCCCC1)C(=O)O. The molecule has 0 spiro atoms. The lowest BCUT2D eigenvalue weighted by atomic mass is 9.78. The highest BCUT2D eigenvalue weighted by Crippen LogP contribution is 2.32. The van der Waals surface area contributed by atoms with Crippen molar-refractivity contribution in [1.29, 1.82) is 0 Å². The van der Waals surface area contributed by atoms with Crippen LogP contribution < -0.4 is 5.32 Å². The monoisotopic (exact) mass is 465 g/mol. The molecule has 1 aliphatic carbocycles. The zero-order valence-electron chi connectivity index (χ0n) is 19.8. The molecule has 3 rings (SSSR count). The van der Waals surface area contributed by atoms with Gasteiger partial charge in [-0.25, -0.2) is 0 Å². The molecule has 3 N–H and O–H groups in total. The summed E-state index contributed by atoms with van der Waals surface area (Å²) in [4.78, 5) is 36.2. The summed E-state index contributed by atoms with van der Waals surface area (Å²) in [5, 5.41) is 22.1. The maximum Gasteiger partial charge on any atom is 0.307 e. The first-order chi connectivity index (χ1) is 16.3. The Hall–Kier alpha value is -3.15. The third kappa shape index (κ3) is 7.44. The van der Waals surface area contributed by atoms with E-state index in [0.717, 1.165) is 48.8 Å². The fourth-order valence-corrected chi connectivity index (χ4v) is 4.95. The van der Waals surface area contributed by atoms with Crippen molar-refractivity contribution in [3.8, 4) is 11.1 Å². The lowest BCUT2D eigenvalue weighted by Gasteiger charge is -2.28. The molecule has 34 heavy (non-hydrogen) atoms. The summed E-state index contributed by atoms with van der Waals surface area (Å²) in [5.74, 6) is -3.44. The Morgan fingerprint density at radius 3 is 2.09 bits per heavy atom.